The number of nitrogen functional groups attached to an aromatic ring is 1. The fourth-order valence-electron chi connectivity index (χ4n) is 9.76. The number of rotatable bonds is 4. The molecule has 10 nitrogen and oxygen atoms in total. The van der Waals surface area contributed by atoms with Gasteiger partial charge in [-0.25, -0.2) is 4.98 Å². The number of anilines is 1. The molecule has 0 unspecified atom stereocenters. The topological polar surface area (TPSA) is 145 Å². The Bertz CT molecular complexity index is 2320. The van der Waals surface area contributed by atoms with E-state index in [1.807, 2.05) is 37.4 Å². The summed E-state index contributed by atoms with van der Waals surface area (Å²) in [6, 6.07) is 13.3. The number of nitrogens with two attached hydrogens (primary N) is 1. The van der Waals surface area contributed by atoms with Gasteiger partial charge in [0.15, 0.2) is 11.5 Å². The van der Waals surface area contributed by atoms with Gasteiger partial charge in [-0.05, 0) is 91.4 Å². The molecule has 5 atom stereocenters. The maximum absolute atomic E-state index is 12.4. The Hall–Kier alpha value is -5.66. The van der Waals surface area contributed by atoms with Crippen LogP contribution in [0, 0.1) is 17.8 Å². The normalized spacial score (nSPS) is 24.1. The Balaban J connectivity index is 1.33. The highest BCUT2D eigenvalue weighted by atomic mass is 16.5. The van der Waals surface area contributed by atoms with Crippen molar-refractivity contribution in [3.63, 3.8) is 0 Å². The second kappa shape index (κ2) is 13.0. The number of fused-ring (bicyclic) bond motifs is 9. The van der Waals surface area contributed by atoms with Gasteiger partial charge in [0.05, 0.1) is 19.1 Å². The Morgan fingerprint density at radius 3 is 2.81 bits per heavy atom. The van der Waals surface area contributed by atoms with Gasteiger partial charge in [0.1, 0.15) is 48.1 Å². The molecule has 4 aromatic rings. The van der Waals surface area contributed by atoms with E-state index in [0.717, 1.165) is 75.9 Å². The van der Waals surface area contributed by atoms with Crippen molar-refractivity contribution in [2.45, 2.75) is 68.9 Å². The number of methoxy groups -OCH3 is 1. The van der Waals surface area contributed by atoms with Crippen LogP contribution >= 0.6 is 0 Å². The highest BCUT2D eigenvalue weighted by Crippen LogP contribution is 2.63. The first kappa shape index (κ1) is 34.1. The van der Waals surface area contributed by atoms with E-state index in [1.165, 1.54) is 6.92 Å². The summed E-state index contributed by atoms with van der Waals surface area (Å²) in [5.74, 6) is 8.66. The van der Waals surface area contributed by atoms with Crippen molar-refractivity contribution in [2.75, 3.05) is 33.1 Å². The van der Waals surface area contributed by atoms with Crippen molar-refractivity contribution in [3.8, 4) is 51.7 Å². The number of carbonyl (C=O) groups is 1. The van der Waals surface area contributed by atoms with E-state index in [-0.39, 0.29) is 47.9 Å². The van der Waals surface area contributed by atoms with Crippen LogP contribution in [-0.4, -0.2) is 54.6 Å². The molecule has 9 rings (SSSR count). The van der Waals surface area contributed by atoms with Gasteiger partial charge in [-0.2, -0.15) is 0 Å². The van der Waals surface area contributed by atoms with Crippen LogP contribution in [0.15, 0.2) is 48.5 Å². The number of phenols is 2. The molecule has 0 amide bonds. The molecular weight excluding hydrogens is 682 g/mol. The van der Waals surface area contributed by atoms with E-state index in [0.29, 0.717) is 47.5 Å². The van der Waals surface area contributed by atoms with E-state index in [1.54, 1.807) is 19.2 Å². The number of nitrogens with zero attached hydrogens (tertiary/aromatic N) is 1. The largest absolute Gasteiger partial charge is 0.508 e. The molecule has 5 aliphatic rings. The van der Waals surface area contributed by atoms with E-state index in [4.69, 9.17) is 29.7 Å². The van der Waals surface area contributed by atoms with Crippen LogP contribution in [0.4, 0.5) is 5.82 Å². The molecule has 54 heavy (non-hydrogen) atoms. The molecule has 276 valence electrons. The van der Waals surface area contributed by atoms with Crippen LogP contribution in [0.3, 0.4) is 0 Å². The lowest BCUT2D eigenvalue weighted by Gasteiger charge is -2.39. The summed E-state index contributed by atoms with van der Waals surface area (Å²) < 4.78 is 25.4. The van der Waals surface area contributed by atoms with Gasteiger partial charge in [-0.1, -0.05) is 36.3 Å². The molecule has 1 fully saturated rings. The van der Waals surface area contributed by atoms with Gasteiger partial charge < -0.3 is 40.2 Å². The second-order valence-corrected chi connectivity index (χ2v) is 15.3. The van der Waals surface area contributed by atoms with Gasteiger partial charge in [0.2, 0.25) is 0 Å². The lowest BCUT2D eigenvalue weighted by Crippen LogP contribution is -2.31. The van der Waals surface area contributed by atoms with Gasteiger partial charge in [-0.15, -0.1) is 0 Å². The molecule has 1 saturated carbocycles. The monoisotopic (exact) mass is 725 g/mol. The standard InChI is InChI=1S/C44H43N3O7/c1-23(48)52-22-33-30-10-11-31-38-27(16-29(49)18-36(38)51-3)20-44-14-13-24(19-44)15-25-7-12-37(45)47-34(25)6-4-5-26-17-35(50)41-32(9-8-28(46-2)21-53-41)39(26)42(33)54-43(30)40(31)44/h7-12,16-18,24,28,33,42,46,49-50H,5,13-15,19-22H2,1-3H3,(H2,45,47)/t24-,28+,33+,42+,44+/m1/s1. The van der Waals surface area contributed by atoms with E-state index in [9.17, 15) is 15.0 Å². The maximum atomic E-state index is 12.4. The minimum Gasteiger partial charge on any atom is -0.508 e. The van der Waals surface area contributed by atoms with Crippen LogP contribution in [0.25, 0.3) is 17.2 Å². The van der Waals surface area contributed by atoms with E-state index in [2.05, 4.69) is 29.3 Å². The molecule has 1 spiro atoms. The minimum atomic E-state index is -0.611. The van der Waals surface area contributed by atoms with Crippen molar-refractivity contribution in [2.24, 2.45) is 5.92 Å². The number of nitrogens with one attached hydrogen (secondary N) is 1. The Morgan fingerprint density at radius 1 is 1.13 bits per heavy atom. The van der Waals surface area contributed by atoms with Gasteiger partial charge in [0.25, 0.3) is 0 Å². The third-order valence-electron chi connectivity index (χ3n) is 12.1. The van der Waals surface area contributed by atoms with E-state index < -0.39 is 6.10 Å². The lowest BCUT2D eigenvalue weighted by molar-refractivity contribution is -0.141. The fraction of sp³-hybridized carbons (Fsp3) is 0.364. The predicted octanol–water partition coefficient (Wildman–Crippen LogP) is 6.27. The van der Waals surface area contributed by atoms with Crippen molar-refractivity contribution in [1.29, 1.82) is 0 Å². The number of phenolic OH excluding ortho intramolecular Hbond substituents is 2. The summed E-state index contributed by atoms with van der Waals surface area (Å²) in [6.07, 6.45) is 7.96. The number of ether oxygens (including phenoxy) is 4. The first-order valence-electron chi connectivity index (χ1n) is 18.6. The highest BCUT2D eigenvalue weighted by molar-refractivity contribution is 5.84. The van der Waals surface area contributed by atoms with Gasteiger partial charge in [0, 0.05) is 52.6 Å². The summed E-state index contributed by atoms with van der Waals surface area (Å²) in [5, 5.41) is 25.6. The summed E-state index contributed by atoms with van der Waals surface area (Å²) in [5.41, 5.74) is 15.0. The van der Waals surface area contributed by atoms with Gasteiger partial charge in [-0.3, -0.25) is 4.79 Å². The van der Waals surface area contributed by atoms with Crippen LogP contribution < -0.4 is 25.3 Å². The summed E-state index contributed by atoms with van der Waals surface area (Å²) in [6.45, 7) is 1.84. The van der Waals surface area contributed by atoms with Crippen molar-refractivity contribution in [3.05, 3.63) is 93.2 Å². The second-order valence-electron chi connectivity index (χ2n) is 15.3. The molecule has 10 heteroatoms. The smallest absolute Gasteiger partial charge is 0.302 e. The fourth-order valence-corrected chi connectivity index (χ4v) is 9.76. The summed E-state index contributed by atoms with van der Waals surface area (Å²) in [4.78, 5) is 17.1. The molecular formula is C44H43N3O7. The zero-order valence-corrected chi connectivity index (χ0v) is 30.6. The van der Waals surface area contributed by atoms with E-state index >= 15 is 0 Å². The predicted molar refractivity (Wildman–Crippen MR) is 204 cm³/mol. The summed E-state index contributed by atoms with van der Waals surface area (Å²) >= 11 is 0. The molecule has 4 bridgehead atoms. The van der Waals surface area contributed by atoms with Crippen LogP contribution in [0.5, 0.6) is 28.7 Å². The molecule has 2 aliphatic carbocycles. The number of aromatic hydroxyl groups is 2. The third-order valence-corrected chi connectivity index (χ3v) is 12.1. The van der Waals surface area contributed by atoms with Crippen LogP contribution in [-0.2, 0) is 34.2 Å². The zero-order chi connectivity index (χ0) is 37.3. The number of aromatic nitrogens is 1. The first-order chi connectivity index (χ1) is 26.2. The van der Waals surface area contributed by atoms with Crippen molar-refractivity contribution in [1.82, 2.24) is 10.3 Å². The Morgan fingerprint density at radius 2 is 2.00 bits per heavy atom. The average Bonchev–Trinajstić information content (AvgIpc) is 3.63. The molecule has 4 heterocycles. The quantitative estimate of drug-likeness (QED) is 0.140. The molecule has 0 radical (unpaired) electrons. The summed E-state index contributed by atoms with van der Waals surface area (Å²) in [7, 11) is 3.50. The van der Waals surface area contributed by atoms with Crippen molar-refractivity contribution < 1.29 is 34.0 Å². The molecule has 5 N–H and O–H groups in total. The molecule has 3 aliphatic heterocycles. The molecule has 0 saturated heterocycles. The number of benzene rings is 3. The number of carbonyl (C=O) groups excluding carboxylic acids is 1. The van der Waals surface area contributed by atoms with Gasteiger partial charge >= 0.3 is 5.97 Å². The number of hydrogen-bond donors (Lipinski definition) is 4. The zero-order valence-electron chi connectivity index (χ0n) is 30.6. The lowest BCUT2D eigenvalue weighted by atomic mass is 9.65. The van der Waals surface area contributed by atoms with Crippen molar-refractivity contribution >= 4 is 17.9 Å². The van der Waals surface area contributed by atoms with Crippen LogP contribution in [0.1, 0.15) is 82.8 Å². The maximum Gasteiger partial charge on any atom is 0.302 e. The van der Waals surface area contributed by atoms with Crippen LogP contribution in [0.2, 0.25) is 0 Å². The highest BCUT2D eigenvalue weighted by Gasteiger charge is 2.51. The Kier molecular flexibility index (Phi) is 8.23. The number of pyridine rings is 1. The number of likely N-dealkylation sites (N-methyl/N-ethyl adjacent to an activating group) is 1. The molecule has 1 aromatic heterocycles. The Labute approximate surface area is 314 Å². The number of esters is 1. The first-order valence-corrected chi connectivity index (χ1v) is 18.6. The SMILES string of the molecule is CN[C@H]1C=Cc2c(c(O)cc3c2[C@H]2Oc4c(ccc5c4[C@]4(CC[C@H](Cc6ccc(N)nc6C#CC3)C4)Cc3cc(O)cc(OC)c3-5)[C@@H]2COC(C)=O)OC1. The third kappa shape index (κ3) is 5.52. The molecule has 3 aromatic carbocycles. The minimum absolute atomic E-state index is 0.0142. The number of hydrogen-bond acceptors (Lipinski definition) is 10. The average molecular weight is 726 g/mol.